The van der Waals surface area contributed by atoms with Crippen molar-refractivity contribution in [2.24, 2.45) is 4.99 Å². The van der Waals surface area contributed by atoms with E-state index < -0.39 is 12.0 Å². The average Bonchev–Trinajstić information content (AvgIpc) is 2.87. The Labute approximate surface area is 118 Å². The zero-order valence-corrected chi connectivity index (χ0v) is 11.2. The summed E-state index contributed by atoms with van der Waals surface area (Å²) in [7, 11) is 0. The van der Waals surface area contributed by atoms with Crippen LogP contribution in [0.5, 0.6) is 0 Å². The lowest BCUT2D eigenvalue weighted by Gasteiger charge is -2.16. The molecule has 1 aromatic rings. The van der Waals surface area contributed by atoms with Gasteiger partial charge in [-0.2, -0.15) is 5.26 Å². The van der Waals surface area contributed by atoms with E-state index in [1.807, 2.05) is 35.2 Å². The van der Waals surface area contributed by atoms with Crippen LogP contribution in [0.25, 0.3) is 0 Å². The number of hydrogen-bond donors (Lipinski definition) is 1. The van der Waals surface area contributed by atoms with Gasteiger partial charge in [0.1, 0.15) is 12.4 Å². The van der Waals surface area contributed by atoms with Crippen molar-refractivity contribution in [2.75, 3.05) is 13.1 Å². The number of aliphatic imine (C=N–C) groups is 1. The molecule has 1 aliphatic rings. The topological polar surface area (TPSA) is 76.7 Å². The normalized spacial score (nSPS) is 17.9. The highest BCUT2D eigenvalue weighted by atomic mass is 16.4. The van der Waals surface area contributed by atoms with E-state index in [1.165, 1.54) is 0 Å². The highest BCUT2D eigenvalue weighted by Gasteiger charge is 2.23. The quantitative estimate of drug-likeness (QED) is 0.827. The van der Waals surface area contributed by atoms with Gasteiger partial charge in [0.2, 0.25) is 0 Å². The second kappa shape index (κ2) is 6.71. The predicted octanol–water partition coefficient (Wildman–Crippen LogP) is 1.70. The number of nitrogens with zero attached hydrogens (tertiary/aromatic N) is 3. The van der Waals surface area contributed by atoms with E-state index in [2.05, 4.69) is 11.1 Å². The number of hydrogen-bond acceptors (Lipinski definition) is 3. The van der Waals surface area contributed by atoms with Crippen molar-refractivity contribution in [3.63, 3.8) is 0 Å². The first kappa shape index (κ1) is 14.1. The molecular formula is C15H17N3O2. The van der Waals surface area contributed by atoms with Crippen molar-refractivity contribution in [1.29, 1.82) is 5.26 Å². The Morgan fingerprint density at radius 3 is 2.85 bits per heavy atom. The molecule has 1 heterocycles. The molecule has 104 valence electrons. The van der Waals surface area contributed by atoms with Crippen LogP contribution in [0.1, 0.15) is 18.4 Å². The Morgan fingerprint density at radius 1 is 1.45 bits per heavy atom. The lowest BCUT2D eigenvalue weighted by molar-refractivity contribution is -0.138. The largest absolute Gasteiger partial charge is 0.480 e. The van der Waals surface area contributed by atoms with Gasteiger partial charge in [0.15, 0.2) is 6.04 Å². The molecule has 0 aromatic heterocycles. The minimum atomic E-state index is -0.926. The SMILES string of the molecule is N#CCN1CCCC1=N[C@@H](Cc1ccccc1)C(=O)O. The Bertz CT molecular complexity index is 534. The molecule has 0 aliphatic carbocycles. The van der Waals surface area contributed by atoms with Gasteiger partial charge in [0.25, 0.3) is 0 Å². The molecule has 1 atom stereocenters. The third-order valence-corrected chi connectivity index (χ3v) is 3.32. The van der Waals surface area contributed by atoms with E-state index in [-0.39, 0.29) is 6.54 Å². The molecule has 0 unspecified atom stereocenters. The number of rotatable bonds is 5. The molecule has 5 nitrogen and oxygen atoms in total. The maximum absolute atomic E-state index is 11.4. The molecule has 1 N–H and O–H groups in total. The molecule has 1 aliphatic heterocycles. The van der Waals surface area contributed by atoms with Crippen LogP contribution in [-0.2, 0) is 11.2 Å². The molecule has 2 rings (SSSR count). The van der Waals surface area contributed by atoms with E-state index in [0.29, 0.717) is 6.42 Å². The summed E-state index contributed by atoms with van der Waals surface area (Å²) in [5.74, 6) is -0.181. The summed E-state index contributed by atoms with van der Waals surface area (Å²) in [6.07, 6.45) is 2.05. The third kappa shape index (κ3) is 3.58. The molecule has 1 saturated heterocycles. The van der Waals surface area contributed by atoms with Gasteiger partial charge in [0, 0.05) is 19.4 Å². The molecule has 20 heavy (non-hydrogen) atoms. The first-order valence-electron chi connectivity index (χ1n) is 6.66. The van der Waals surface area contributed by atoms with Gasteiger partial charge in [-0.05, 0) is 12.0 Å². The number of carboxylic acid groups (broad SMARTS) is 1. The van der Waals surface area contributed by atoms with Crippen LogP contribution in [0.4, 0.5) is 0 Å². The second-order valence-electron chi connectivity index (χ2n) is 4.77. The van der Waals surface area contributed by atoms with Gasteiger partial charge in [-0.15, -0.1) is 0 Å². The second-order valence-corrected chi connectivity index (χ2v) is 4.77. The summed E-state index contributed by atoms with van der Waals surface area (Å²) in [5.41, 5.74) is 0.953. The highest BCUT2D eigenvalue weighted by molar-refractivity contribution is 5.87. The van der Waals surface area contributed by atoms with Crippen LogP contribution in [0.15, 0.2) is 35.3 Å². The molecule has 0 amide bonds. The zero-order chi connectivity index (χ0) is 14.4. The minimum Gasteiger partial charge on any atom is -0.480 e. The van der Waals surface area contributed by atoms with Gasteiger partial charge in [-0.25, -0.2) is 4.79 Å². The van der Waals surface area contributed by atoms with Crippen LogP contribution in [0, 0.1) is 11.3 Å². The van der Waals surface area contributed by atoms with Crippen LogP contribution in [0.3, 0.4) is 0 Å². The summed E-state index contributed by atoms with van der Waals surface area (Å²) >= 11 is 0. The monoisotopic (exact) mass is 271 g/mol. The number of aliphatic carboxylic acids is 1. The lowest BCUT2D eigenvalue weighted by atomic mass is 10.1. The van der Waals surface area contributed by atoms with E-state index in [1.54, 1.807) is 0 Å². The van der Waals surface area contributed by atoms with E-state index in [0.717, 1.165) is 30.8 Å². The molecule has 0 bridgehead atoms. The van der Waals surface area contributed by atoms with E-state index in [4.69, 9.17) is 5.26 Å². The summed E-state index contributed by atoms with van der Waals surface area (Å²) in [6, 6.07) is 10.8. The summed E-state index contributed by atoms with van der Waals surface area (Å²) in [6.45, 7) is 1.06. The Hall–Kier alpha value is -2.35. The summed E-state index contributed by atoms with van der Waals surface area (Å²) in [4.78, 5) is 17.6. The fourth-order valence-corrected chi connectivity index (χ4v) is 2.32. The number of amidine groups is 1. The maximum atomic E-state index is 11.4. The third-order valence-electron chi connectivity index (χ3n) is 3.32. The van der Waals surface area contributed by atoms with Crippen molar-refractivity contribution < 1.29 is 9.90 Å². The van der Waals surface area contributed by atoms with Gasteiger partial charge in [0.05, 0.1) is 6.07 Å². The Kier molecular flexibility index (Phi) is 4.72. The van der Waals surface area contributed by atoms with Gasteiger partial charge >= 0.3 is 5.97 Å². The molecule has 1 aromatic carbocycles. The fourth-order valence-electron chi connectivity index (χ4n) is 2.32. The number of nitriles is 1. The van der Waals surface area contributed by atoms with Crippen molar-refractivity contribution in [3.05, 3.63) is 35.9 Å². The zero-order valence-electron chi connectivity index (χ0n) is 11.2. The van der Waals surface area contributed by atoms with Gasteiger partial charge < -0.3 is 10.0 Å². The molecule has 5 heteroatoms. The Morgan fingerprint density at radius 2 is 2.20 bits per heavy atom. The number of benzene rings is 1. The fraction of sp³-hybridized carbons (Fsp3) is 0.400. The minimum absolute atomic E-state index is 0.274. The molecule has 0 saturated carbocycles. The smallest absolute Gasteiger partial charge is 0.328 e. The molecule has 0 spiro atoms. The van der Waals surface area contributed by atoms with E-state index >= 15 is 0 Å². The number of carbonyl (C=O) groups is 1. The summed E-state index contributed by atoms with van der Waals surface area (Å²) in [5, 5.41) is 18.1. The van der Waals surface area contributed by atoms with Crippen molar-refractivity contribution in [1.82, 2.24) is 4.90 Å². The van der Waals surface area contributed by atoms with Crippen molar-refractivity contribution in [2.45, 2.75) is 25.3 Å². The van der Waals surface area contributed by atoms with Crippen LogP contribution < -0.4 is 0 Å². The van der Waals surface area contributed by atoms with Crippen LogP contribution >= 0.6 is 0 Å². The standard InChI is InChI=1S/C15H17N3O2/c16-8-10-18-9-4-7-14(18)17-13(15(19)20)11-12-5-2-1-3-6-12/h1-3,5-6,13H,4,7,9-11H2,(H,19,20)/t13-/m0/s1. The molecule has 0 radical (unpaired) electrons. The van der Waals surface area contributed by atoms with Crippen molar-refractivity contribution >= 4 is 11.8 Å². The van der Waals surface area contributed by atoms with Gasteiger partial charge in [-0.1, -0.05) is 30.3 Å². The van der Waals surface area contributed by atoms with E-state index in [9.17, 15) is 9.90 Å². The van der Waals surface area contributed by atoms with Crippen molar-refractivity contribution in [3.8, 4) is 6.07 Å². The molecule has 1 fully saturated rings. The Balaban J connectivity index is 2.13. The summed E-state index contributed by atoms with van der Waals surface area (Å²) < 4.78 is 0. The van der Waals surface area contributed by atoms with Crippen LogP contribution in [0.2, 0.25) is 0 Å². The number of likely N-dealkylation sites (tertiary alicyclic amines) is 1. The first-order chi connectivity index (χ1) is 9.70. The first-order valence-corrected chi connectivity index (χ1v) is 6.66. The maximum Gasteiger partial charge on any atom is 0.328 e. The average molecular weight is 271 g/mol. The van der Waals surface area contributed by atoms with Gasteiger partial charge in [-0.3, -0.25) is 4.99 Å². The van der Waals surface area contributed by atoms with Crippen LogP contribution in [-0.4, -0.2) is 40.9 Å². The highest BCUT2D eigenvalue weighted by Crippen LogP contribution is 2.14. The lowest BCUT2D eigenvalue weighted by Crippen LogP contribution is -2.29. The molecular weight excluding hydrogens is 254 g/mol. The number of carboxylic acids is 1. The predicted molar refractivity (Wildman–Crippen MR) is 75.4 cm³/mol.